The smallest absolute Gasteiger partial charge is 0.389 e. The molecule has 0 radical (unpaired) electrons. The van der Waals surface area contributed by atoms with Crippen LogP contribution in [0.25, 0.3) is 11.3 Å². The molecule has 28 heavy (non-hydrogen) atoms. The fraction of sp³-hybridized carbons (Fsp3) is 0.200. The van der Waals surface area contributed by atoms with Gasteiger partial charge in [0.2, 0.25) is 0 Å². The number of aromatic nitrogens is 2. The van der Waals surface area contributed by atoms with Crippen molar-refractivity contribution in [2.75, 3.05) is 5.32 Å². The summed E-state index contributed by atoms with van der Waals surface area (Å²) in [5, 5.41) is 12.7. The maximum atomic E-state index is 12.9. The quantitative estimate of drug-likeness (QED) is 0.563. The molecule has 0 aliphatic heterocycles. The van der Waals surface area contributed by atoms with Crippen LogP contribution in [0.1, 0.15) is 29.7 Å². The normalized spacial score (nSPS) is 12.7. The van der Waals surface area contributed by atoms with Crippen molar-refractivity contribution >= 4 is 23.1 Å². The zero-order valence-electron chi connectivity index (χ0n) is 15.0. The van der Waals surface area contributed by atoms with Gasteiger partial charge in [0.25, 0.3) is 0 Å². The highest BCUT2D eigenvalue weighted by Crippen LogP contribution is 2.37. The van der Waals surface area contributed by atoms with Crippen molar-refractivity contribution in [1.29, 1.82) is 0 Å². The van der Waals surface area contributed by atoms with Gasteiger partial charge in [0.05, 0.1) is 22.4 Å². The molecule has 146 valence electrons. The molecule has 0 aliphatic rings. The predicted molar refractivity (Wildman–Crippen MR) is 103 cm³/mol. The van der Waals surface area contributed by atoms with E-state index in [9.17, 15) is 18.3 Å². The van der Waals surface area contributed by atoms with Gasteiger partial charge in [0.1, 0.15) is 12.1 Å². The summed E-state index contributed by atoms with van der Waals surface area (Å²) in [5.74, 6) is 0.481. The first-order valence-electron chi connectivity index (χ1n) is 8.41. The van der Waals surface area contributed by atoms with Crippen molar-refractivity contribution in [2.45, 2.75) is 26.1 Å². The molecule has 0 aliphatic carbocycles. The van der Waals surface area contributed by atoms with Gasteiger partial charge in [-0.05, 0) is 32.0 Å². The Balaban J connectivity index is 2.00. The Kier molecular flexibility index (Phi) is 5.58. The van der Waals surface area contributed by atoms with E-state index in [1.165, 1.54) is 18.5 Å². The number of halogens is 4. The Morgan fingerprint density at radius 1 is 1.11 bits per heavy atom. The molecular weight excluding hydrogens is 391 g/mol. The minimum absolute atomic E-state index is 0.392. The van der Waals surface area contributed by atoms with Crippen LogP contribution in [-0.2, 0) is 6.18 Å². The molecule has 1 aromatic heterocycles. The monoisotopic (exact) mass is 407 g/mol. The molecule has 0 amide bonds. The van der Waals surface area contributed by atoms with E-state index in [4.69, 9.17) is 11.6 Å². The van der Waals surface area contributed by atoms with Crippen LogP contribution in [0.2, 0.25) is 5.02 Å². The van der Waals surface area contributed by atoms with Gasteiger partial charge >= 0.3 is 6.18 Å². The zero-order chi connectivity index (χ0) is 20.5. The van der Waals surface area contributed by atoms with Gasteiger partial charge < -0.3 is 10.4 Å². The summed E-state index contributed by atoms with van der Waals surface area (Å²) < 4.78 is 38.8. The number of anilines is 2. The minimum Gasteiger partial charge on any atom is -0.389 e. The van der Waals surface area contributed by atoms with Crippen molar-refractivity contribution in [1.82, 2.24) is 9.97 Å². The highest BCUT2D eigenvalue weighted by atomic mass is 35.5. The van der Waals surface area contributed by atoms with Crippen LogP contribution >= 0.6 is 11.6 Å². The molecular formula is C20H17ClF3N3O. The van der Waals surface area contributed by atoms with E-state index in [0.29, 0.717) is 33.9 Å². The van der Waals surface area contributed by atoms with Crippen molar-refractivity contribution < 1.29 is 18.3 Å². The lowest BCUT2D eigenvalue weighted by atomic mass is 10.0. The summed E-state index contributed by atoms with van der Waals surface area (Å²) in [6.45, 7) is 3.41. The van der Waals surface area contributed by atoms with Crippen LogP contribution in [0.3, 0.4) is 0 Å². The SMILES string of the molecule is Cc1c(Nc2ccccc2[C@@H](C)O)ncnc1-c1ccc(C(F)(F)F)c(Cl)c1. The molecule has 0 fully saturated rings. The molecule has 0 spiro atoms. The number of benzene rings is 2. The second-order valence-electron chi connectivity index (χ2n) is 6.28. The topological polar surface area (TPSA) is 58.0 Å². The summed E-state index contributed by atoms with van der Waals surface area (Å²) >= 11 is 5.83. The van der Waals surface area contributed by atoms with Gasteiger partial charge in [-0.25, -0.2) is 9.97 Å². The molecule has 3 aromatic rings. The molecule has 2 N–H and O–H groups in total. The lowest BCUT2D eigenvalue weighted by Crippen LogP contribution is -2.06. The third-order valence-corrected chi connectivity index (χ3v) is 4.61. The predicted octanol–water partition coefficient (Wildman–Crippen LogP) is 5.92. The molecule has 0 bridgehead atoms. The average molecular weight is 408 g/mol. The van der Waals surface area contributed by atoms with Gasteiger partial charge in [-0.15, -0.1) is 0 Å². The van der Waals surface area contributed by atoms with Crippen LogP contribution in [0, 0.1) is 6.92 Å². The number of nitrogens with one attached hydrogen (secondary N) is 1. The summed E-state index contributed by atoms with van der Waals surface area (Å²) in [5.41, 5.74) is 2.02. The number of para-hydroxylation sites is 1. The number of alkyl halides is 3. The molecule has 0 saturated heterocycles. The fourth-order valence-corrected chi connectivity index (χ4v) is 3.15. The Morgan fingerprint density at radius 2 is 1.82 bits per heavy atom. The highest BCUT2D eigenvalue weighted by molar-refractivity contribution is 6.31. The molecule has 8 heteroatoms. The van der Waals surface area contributed by atoms with Crippen molar-refractivity contribution in [3.63, 3.8) is 0 Å². The first-order chi connectivity index (χ1) is 13.2. The third-order valence-electron chi connectivity index (χ3n) is 4.30. The number of aliphatic hydroxyl groups excluding tert-OH is 1. The van der Waals surface area contributed by atoms with Crippen LogP contribution < -0.4 is 5.32 Å². The lowest BCUT2D eigenvalue weighted by Gasteiger charge is -2.16. The molecule has 3 rings (SSSR count). The van der Waals surface area contributed by atoms with Crippen LogP contribution in [-0.4, -0.2) is 15.1 Å². The molecule has 2 aromatic carbocycles. The summed E-state index contributed by atoms with van der Waals surface area (Å²) in [6, 6.07) is 10.7. The van der Waals surface area contributed by atoms with E-state index < -0.39 is 22.9 Å². The van der Waals surface area contributed by atoms with E-state index in [1.807, 2.05) is 12.1 Å². The first kappa shape index (κ1) is 20.1. The standard InChI is InChI=1S/C20H17ClF3N3O/c1-11-18(13-7-8-15(16(21)9-13)20(22,23)24)25-10-26-19(11)27-17-6-4-3-5-14(17)12(2)28/h3-10,12,28H,1-2H3,(H,25,26,27)/t12-/m1/s1. The van der Waals surface area contributed by atoms with E-state index >= 15 is 0 Å². The van der Waals surface area contributed by atoms with E-state index in [2.05, 4.69) is 15.3 Å². The minimum atomic E-state index is -4.52. The summed E-state index contributed by atoms with van der Waals surface area (Å²) in [4.78, 5) is 8.42. The number of hydrogen-bond acceptors (Lipinski definition) is 4. The fourth-order valence-electron chi connectivity index (χ4n) is 2.86. The van der Waals surface area contributed by atoms with Crippen molar-refractivity contribution in [3.05, 3.63) is 70.5 Å². The van der Waals surface area contributed by atoms with Crippen molar-refractivity contribution in [2.24, 2.45) is 0 Å². The van der Waals surface area contributed by atoms with E-state index in [0.717, 1.165) is 6.07 Å². The largest absolute Gasteiger partial charge is 0.417 e. The molecule has 0 unspecified atom stereocenters. The van der Waals surface area contributed by atoms with Gasteiger partial charge in [0, 0.05) is 22.4 Å². The lowest BCUT2D eigenvalue weighted by molar-refractivity contribution is -0.137. The molecule has 1 atom stereocenters. The second kappa shape index (κ2) is 7.77. The van der Waals surface area contributed by atoms with Crippen LogP contribution in [0.4, 0.5) is 24.7 Å². The Morgan fingerprint density at radius 3 is 2.46 bits per heavy atom. The van der Waals surface area contributed by atoms with Gasteiger partial charge in [-0.1, -0.05) is 35.9 Å². The maximum absolute atomic E-state index is 12.9. The summed E-state index contributed by atoms with van der Waals surface area (Å²) in [6.07, 6.45) is -3.88. The van der Waals surface area contributed by atoms with Gasteiger partial charge in [0.15, 0.2) is 0 Å². The summed E-state index contributed by atoms with van der Waals surface area (Å²) in [7, 11) is 0. The van der Waals surface area contributed by atoms with E-state index in [1.54, 1.807) is 26.0 Å². The zero-order valence-corrected chi connectivity index (χ0v) is 15.8. The maximum Gasteiger partial charge on any atom is 0.417 e. The van der Waals surface area contributed by atoms with Gasteiger partial charge in [-0.3, -0.25) is 0 Å². The van der Waals surface area contributed by atoms with Crippen LogP contribution in [0.15, 0.2) is 48.8 Å². The van der Waals surface area contributed by atoms with Gasteiger partial charge in [-0.2, -0.15) is 13.2 Å². The molecule has 1 heterocycles. The second-order valence-corrected chi connectivity index (χ2v) is 6.68. The Hall–Kier alpha value is -2.64. The number of hydrogen-bond donors (Lipinski definition) is 2. The Labute approximate surface area is 165 Å². The first-order valence-corrected chi connectivity index (χ1v) is 8.79. The number of nitrogens with zero attached hydrogens (tertiary/aromatic N) is 2. The highest BCUT2D eigenvalue weighted by Gasteiger charge is 2.33. The number of rotatable bonds is 4. The van der Waals surface area contributed by atoms with E-state index in [-0.39, 0.29) is 0 Å². The third kappa shape index (κ3) is 4.10. The number of aliphatic hydroxyl groups is 1. The average Bonchev–Trinajstić information content (AvgIpc) is 2.62. The Bertz CT molecular complexity index is 1010. The molecule has 4 nitrogen and oxygen atoms in total. The van der Waals surface area contributed by atoms with Crippen LogP contribution in [0.5, 0.6) is 0 Å². The molecule has 0 saturated carbocycles. The van der Waals surface area contributed by atoms with Crippen molar-refractivity contribution in [3.8, 4) is 11.3 Å².